The van der Waals surface area contributed by atoms with Crippen LogP contribution in [0.25, 0.3) is 0 Å². The maximum atomic E-state index is 15.1. The van der Waals surface area contributed by atoms with E-state index in [-0.39, 0.29) is 19.0 Å². The van der Waals surface area contributed by atoms with E-state index in [0.29, 0.717) is 24.5 Å². The smallest absolute Gasteiger partial charge is 0.414 e. The molecule has 2 saturated heterocycles. The maximum absolute atomic E-state index is 15.1. The van der Waals surface area contributed by atoms with Crippen molar-refractivity contribution in [2.24, 2.45) is 0 Å². The molecule has 2 fully saturated rings. The van der Waals surface area contributed by atoms with Gasteiger partial charge in [-0.25, -0.2) is 9.18 Å². The average Bonchev–Trinajstić information content (AvgIpc) is 3.50. The predicted octanol–water partition coefficient (Wildman–Crippen LogP) is 1.48. The Morgan fingerprint density at radius 2 is 2.09 bits per heavy atom. The van der Waals surface area contributed by atoms with Crippen molar-refractivity contribution >= 4 is 23.4 Å². The number of carbonyl (C=O) groups excluding carboxylic acids is 2. The van der Waals surface area contributed by atoms with Crippen LogP contribution in [0.5, 0.6) is 0 Å². The topological polar surface area (TPSA) is 88.9 Å². The van der Waals surface area contributed by atoms with E-state index in [9.17, 15) is 9.59 Å². The molecule has 2 aromatic rings. The number of ether oxygens (including phenoxy) is 2. The van der Waals surface area contributed by atoms with E-state index < -0.39 is 18.0 Å². The summed E-state index contributed by atoms with van der Waals surface area (Å²) in [5, 5.41) is 7.39. The van der Waals surface area contributed by atoms with Gasteiger partial charge < -0.3 is 24.2 Å². The average molecular weight is 488 g/mol. The van der Waals surface area contributed by atoms with Gasteiger partial charge in [-0.1, -0.05) is 0 Å². The van der Waals surface area contributed by atoms with Gasteiger partial charge in [0.25, 0.3) is 0 Å². The van der Waals surface area contributed by atoms with Gasteiger partial charge in [0.2, 0.25) is 5.91 Å². The maximum Gasteiger partial charge on any atom is 0.414 e. The van der Waals surface area contributed by atoms with Crippen LogP contribution in [-0.2, 0) is 33.9 Å². The Kier molecular flexibility index (Phi) is 6.37. The molecule has 2 amide bonds. The fraction of sp³-hybridized carbons (Fsp3) is 0.542. The second-order valence-corrected chi connectivity index (χ2v) is 9.81. The summed E-state index contributed by atoms with van der Waals surface area (Å²) in [6, 6.07) is 4.78. The molecule has 10 nitrogen and oxygen atoms in total. The molecule has 188 valence electrons. The number of nitrogens with one attached hydrogen (secondary N) is 1. The number of anilines is 2. The number of nitrogens with zero attached hydrogens (tertiary/aromatic N) is 5. The van der Waals surface area contributed by atoms with Crippen LogP contribution in [0.2, 0.25) is 0 Å². The highest BCUT2D eigenvalue weighted by Crippen LogP contribution is 2.32. The first-order valence-corrected chi connectivity index (χ1v) is 12.0. The van der Waals surface area contributed by atoms with Gasteiger partial charge in [-0.15, -0.1) is 0 Å². The van der Waals surface area contributed by atoms with Gasteiger partial charge in [0, 0.05) is 25.2 Å². The normalized spacial score (nSPS) is 21.2. The van der Waals surface area contributed by atoms with Crippen molar-refractivity contribution < 1.29 is 27.9 Å². The minimum Gasteiger partial charge on any atom is -0.442 e. The molecule has 11 heteroatoms. The number of fused-ring (bicyclic) bond motifs is 1. The molecule has 4 heterocycles. The van der Waals surface area contributed by atoms with Gasteiger partial charge in [-0.05, 0) is 18.2 Å². The summed E-state index contributed by atoms with van der Waals surface area (Å²) in [4.78, 5) is 26.7. The van der Waals surface area contributed by atoms with Crippen LogP contribution in [0.15, 0.2) is 24.4 Å². The Morgan fingerprint density at radius 3 is 2.80 bits per heavy atom. The Bertz CT molecular complexity index is 1090. The molecule has 1 atom stereocenters. The van der Waals surface area contributed by atoms with Gasteiger partial charge >= 0.3 is 6.09 Å². The quantitative estimate of drug-likeness (QED) is 0.596. The third kappa shape index (κ3) is 5.10. The predicted molar refractivity (Wildman–Crippen MR) is 126 cm³/mol. The number of amides is 2. The number of cyclic esters (lactones) is 1. The first-order valence-electron chi connectivity index (χ1n) is 12.0. The van der Waals surface area contributed by atoms with Crippen LogP contribution in [0, 0.1) is 5.82 Å². The molecular formula is C24H32FN6O4+. The molecule has 1 aromatic carbocycles. The van der Waals surface area contributed by atoms with Crippen molar-refractivity contribution in [3.63, 3.8) is 0 Å². The van der Waals surface area contributed by atoms with Crippen molar-refractivity contribution in [3.05, 3.63) is 41.5 Å². The molecular weight excluding hydrogens is 455 g/mol. The molecule has 1 aromatic heterocycles. The van der Waals surface area contributed by atoms with Crippen molar-refractivity contribution in [1.82, 2.24) is 15.1 Å². The number of hydrogen-bond acceptors (Lipinski definition) is 6. The lowest BCUT2D eigenvalue weighted by atomic mass is 10.2. The summed E-state index contributed by atoms with van der Waals surface area (Å²) >= 11 is 0. The van der Waals surface area contributed by atoms with E-state index in [4.69, 9.17) is 14.6 Å². The second kappa shape index (κ2) is 9.46. The summed E-state index contributed by atoms with van der Waals surface area (Å²) in [5.41, 5.74) is 3.00. The fourth-order valence-electron chi connectivity index (χ4n) is 4.86. The monoisotopic (exact) mass is 487 g/mol. The van der Waals surface area contributed by atoms with Crippen molar-refractivity contribution in [2.45, 2.75) is 32.7 Å². The Hall–Kier alpha value is -3.18. The van der Waals surface area contributed by atoms with Crippen LogP contribution in [-0.4, -0.2) is 85.4 Å². The van der Waals surface area contributed by atoms with Crippen molar-refractivity contribution in [1.29, 1.82) is 0 Å². The van der Waals surface area contributed by atoms with Gasteiger partial charge in [0.15, 0.2) is 0 Å². The molecule has 0 bridgehead atoms. The van der Waals surface area contributed by atoms with Crippen molar-refractivity contribution in [3.8, 4) is 0 Å². The van der Waals surface area contributed by atoms with E-state index in [1.807, 2.05) is 9.58 Å². The Balaban J connectivity index is 1.19. The van der Waals surface area contributed by atoms with Gasteiger partial charge in [0.1, 0.15) is 25.0 Å². The van der Waals surface area contributed by atoms with E-state index in [0.717, 1.165) is 55.1 Å². The minimum absolute atomic E-state index is 0.194. The number of halogens is 1. The zero-order valence-electron chi connectivity index (χ0n) is 20.2. The molecule has 0 unspecified atom stereocenters. The van der Waals surface area contributed by atoms with E-state index in [1.165, 1.54) is 17.9 Å². The fourth-order valence-corrected chi connectivity index (χ4v) is 4.86. The summed E-state index contributed by atoms with van der Waals surface area (Å²) in [6.07, 6.45) is 1.06. The minimum atomic E-state index is -0.545. The highest BCUT2D eigenvalue weighted by molar-refractivity contribution is 5.90. The molecule has 3 aliphatic heterocycles. The molecule has 1 N–H and O–H groups in total. The lowest BCUT2D eigenvalue weighted by Crippen LogP contribution is -2.53. The SMILES string of the molecule is CC(=O)NC[C@H]1CN(c2ccc(N3Cc4cn(CC[N+]5(C)CCOCC5)nc4C3)c(F)c2)C(=O)O1. The highest BCUT2D eigenvalue weighted by atomic mass is 19.1. The standard InChI is InChI=1S/C24H31FN6O4/c1-17(32)26-12-20-15-30(24(33)35-20)19-3-4-23(21(25)11-19)28-13-18-14-29(27-22(18)16-28)5-6-31(2)7-9-34-10-8-31/h3-4,11,14,20H,5-10,12-13,15-16H2,1-2H3/p+1/t20-/m0/s1. The molecule has 0 radical (unpaired) electrons. The largest absolute Gasteiger partial charge is 0.442 e. The number of likely N-dealkylation sites (N-methyl/N-ethyl adjacent to an activating group) is 1. The van der Waals surface area contributed by atoms with E-state index in [1.54, 1.807) is 12.1 Å². The highest BCUT2D eigenvalue weighted by Gasteiger charge is 2.33. The molecule has 0 aliphatic carbocycles. The van der Waals surface area contributed by atoms with Crippen molar-refractivity contribution in [2.75, 3.05) is 62.8 Å². The summed E-state index contributed by atoms with van der Waals surface area (Å²) in [6.45, 7) is 8.54. The zero-order valence-corrected chi connectivity index (χ0v) is 20.2. The number of rotatable bonds is 7. The van der Waals surface area contributed by atoms with Gasteiger partial charge in [-0.2, -0.15) is 5.10 Å². The second-order valence-electron chi connectivity index (χ2n) is 9.81. The van der Waals surface area contributed by atoms with Gasteiger partial charge in [0.05, 0.1) is 70.1 Å². The first kappa shape index (κ1) is 23.6. The van der Waals surface area contributed by atoms with Crippen LogP contribution in [0.4, 0.5) is 20.6 Å². The third-order valence-corrected chi connectivity index (χ3v) is 7.08. The molecule has 3 aliphatic rings. The van der Waals surface area contributed by atoms with E-state index in [2.05, 4.69) is 18.6 Å². The van der Waals surface area contributed by atoms with Gasteiger partial charge in [-0.3, -0.25) is 14.4 Å². The summed E-state index contributed by atoms with van der Waals surface area (Å²) in [7, 11) is 2.26. The summed E-state index contributed by atoms with van der Waals surface area (Å²) < 4.78 is 28.9. The number of aromatic nitrogens is 2. The first-order chi connectivity index (χ1) is 16.8. The number of carbonyl (C=O) groups is 2. The summed E-state index contributed by atoms with van der Waals surface area (Å²) in [5.74, 6) is -0.593. The number of quaternary nitrogens is 1. The number of morpholine rings is 1. The van der Waals surface area contributed by atoms with E-state index >= 15 is 4.39 Å². The van der Waals surface area contributed by atoms with Crippen LogP contribution in [0.3, 0.4) is 0 Å². The van der Waals surface area contributed by atoms with Crippen LogP contribution >= 0.6 is 0 Å². The number of hydrogen-bond donors (Lipinski definition) is 1. The Morgan fingerprint density at radius 1 is 1.29 bits per heavy atom. The molecule has 0 spiro atoms. The molecule has 5 rings (SSSR count). The third-order valence-electron chi connectivity index (χ3n) is 7.08. The van der Waals surface area contributed by atoms with Crippen LogP contribution < -0.4 is 15.1 Å². The Labute approximate surface area is 203 Å². The molecule has 0 saturated carbocycles. The lowest BCUT2D eigenvalue weighted by Gasteiger charge is -2.37. The van der Waals surface area contributed by atoms with Crippen LogP contribution in [0.1, 0.15) is 18.2 Å². The molecule has 35 heavy (non-hydrogen) atoms. The lowest BCUT2D eigenvalue weighted by molar-refractivity contribution is -0.917. The zero-order chi connectivity index (χ0) is 24.6. The number of benzene rings is 1.